The van der Waals surface area contributed by atoms with Crippen molar-refractivity contribution in [2.45, 2.75) is 53.0 Å². The summed E-state index contributed by atoms with van der Waals surface area (Å²) in [4.78, 5) is 29.1. The van der Waals surface area contributed by atoms with Gasteiger partial charge in [0.15, 0.2) is 0 Å². The summed E-state index contributed by atoms with van der Waals surface area (Å²) in [5.74, 6) is -0.262. The summed E-state index contributed by atoms with van der Waals surface area (Å²) in [6, 6.07) is 5.16. The van der Waals surface area contributed by atoms with Crippen LogP contribution in [0.1, 0.15) is 54.2 Å². The molecule has 0 bridgehead atoms. The van der Waals surface area contributed by atoms with Crippen LogP contribution in [0.3, 0.4) is 0 Å². The molecule has 7 nitrogen and oxygen atoms in total. The Hall–Kier alpha value is -2.61. The maximum atomic E-state index is 12.6. The number of amides is 1. The standard InChI is InChI=1S/C19H23N5O2S/c1-4-6-7-8-16-22-23-19(27-16)21-17(25)13-9-10-15-14(11-13)20-12(3)18(26)24(15)5-2/h9-11H,4-8H2,1-3H3,(H,21,23,25). The molecule has 0 saturated carbocycles. The molecule has 27 heavy (non-hydrogen) atoms. The SMILES string of the molecule is CCCCCc1nnc(NC(=O)c2ccc3c(c2)nc(C)c(=O)n3CC)s1. The zero-order valence-corrected chi connectivity index (χ0v) is 16.6. The highest BCUT2D eigenvalue weighted by Gasteiger charge is 2.13. The van der Waals surface area contributed by atoms with Crippen molar-refractivity contribution in [2.24, 2.45) is 0 Å². The predicted octanol–water partition coefficient (Wildman–Crippen LogP) is 3.56. The molecule has 1 N–H and O–H groups in total. The van der Waals surface area contributed by atoms with Crippen LogP contribution in [0.4, 0.5) is 5.13 Å². The first-order chi connectivity index (χ1) is 13.0. The van der Waals surface area contributed by atoms with Crippen LogP contribution < -0.4 is 10.9 Å². The van der Waals surface area contributed by atoms with Crippen molar-refractivity contribution >= 4 is 33.4 Å². The topological polar surface area (TPSA) is 89.8 Å². The summed E-state index contributed by atoms with van der Waals surface area (Å²) in [5, 5.41) is 12.4. The van der Waals surface area contributed by atoms with E-state index < -0.39 is 0 Å². The molecular formula is C19H23N5O2S. The van der Waals surface area contributed by atoms with Gasteiger partial charge in [-0.15, -0.1) is 10.2 Å². The molecule has 0 aliphatic rings. The first kappa shape index (κ1) is 19.2. The Balaban J connectivity index is 1.80. The van der Waals surface area contributed by atoms with Crippen molar-refractivity contribution in [3.05, 3.63) is 44.8 Å². The van der Waals surface area contributed by atoms with Gasteiger partial charge in [-0.2, -0.15) is 0 Å². The van der Waals surface area contributed by atoms with E-state index >= 15 is 0 Å². The van der Waals surface area contributed by atoms with E-state index in [4.69, 9.17) is 0 Å². The van der Waals surface area contributed by atoms with E-state index in [9.17, 15) is 9.59 Å². The number of hydrogen-bond donors (Lipinski definition) is 1. The Morgan fingerprint density at radius 3 is 2.78 bits per heavy atom. The number of fused-ring (bicyclic) bond motifs is 1. The number of aromatic nitrogens is 4. The highest BCUT2D eigenvalue weighted by molar-refractivity contribution is 7.15. The third kappa shape index (κ3) is 4.21. The molecular weight excluding hydrogens is 362 g/mol. The van der Waals surface area contributed by atoms with Gasteiger partial charge in [0.25, 0.3) is 11.5 Å². The summed E-state index contributed by atoms with van der Waals surface area (Å²) in [5.41, 5.74) is 2.13. The second kappa shape index (κ2) is 8.39. The van der Waals surface area contributed by atoms with Gasteiger partial charge in [0.2, 0.25) is 5.13 Å². The second-order valence-corrected chi connectivity index (χ2v) is 7.42. The van der Waals surface area contributed by atoms with Crippen LogP contribution in [0.2, 0.25) is 0 Å². The summed E-state index contributed by atoms with van der Waals surface area (Å²) >= 11 is 1.41. The van der Waals surface area contributed by atoms with E-state index in [-0.39, 0.29) is 11.5 Å². The first-order valence-corrected chi connectivity index (χ1v) is 10.00. The Morgan fingerprint density at radius 2 is 2.04 bits per heavy atom. The molecule has 3 aromatic rings. The number of benzene rings is 1. The van der Waals surface area contributed by atoms with Gasteiger partial charge in [0.05, 0.1) is 11.0 Å². The van der Waals surface area contributed by atoms with Gasteiger partial charge in [-0.25, -0.2) is 4.98 Å². The number of anilines is 1. The molecule has 0 aliphatic carbocycles. The maximum Gasteiger partial charge on any atom is 0.272 e. The molecule has 0 aliphatic heterocycles. The van der Waals surface area contributed by atoms with Crippen LogP contribution in [0, 0.1) is 6.92 Å². The Morgan fingerprint density at radius 1 is 1.22 bits per heavy atom. The average molecular weight is 385 g/mol. The Kier molecular flexibility index (Phi) is 5.95. The van der Waals surface area contributed by atoms with E-state index in [2.05, 4.69) is 27.4 Å². The smallest absolute Gasteiger partial charge is 0.272 e. The molecule has 3 rings (SSSR count). The predicted molar refractivity (Wildman–Crippen MR) is 108 cm³/mol. The quantitative estimate of drug-likeness (QED) is 0.628. The van der Waals surface area contributed by atoms with E-state index in [1.165, 1.54) is 11.3 Å². The van der Waals surface area contributed by atoms with Gasteiger partial charge in [0, 0.05) is 18.5 Å². The number of unbranched alkanes of at least 4 members (excludes halogenated alkanes) is 2. The summed E-state index contributed by atoms with van der Waals surface area (Å²) in [7, 11) is 0. The molecule has 0 radical (unpaired) electrons. The lowest BCUT2D eigenvalue weighted by molar-refractivity contribution is 0.102. The Bertz CT molecular complexity index is 1020. The number of aryl methyl sites for hydroxylation is 3. The van der Waals surface area contributed by atoms with Gasteiger partial charge in [-0.3, -0.25) is 14.9 Å². The number of nitrogens with one attached hydrogen (secondary N) is 1. The fourth-order valence-corrected chi connectivity index (χ4v) is 3.71. The van der Waals surface area contributed by atoms with Crippen molar-refractivity contribution in [2.75, 3.05) is 5.32 Å². The monoisotopic (exact) mass is 385 g/mol. The molecule has 8 heteroatoms. The number of hydrogen-bond acceptors (Lipinski definition) is 6. The molecule has 1 aromatic carbocycles. The van der Waals surface area contributed by atoms with Crippen LogP contribution in [0.5, 0.6) is 0 Å². The first-order valence-electron chi connectivity index (χ1n) is 9.18. The minimum Gasteiger partial charge on any atom is -0.305 e. The zero-order chi connectivity index (χ0) is 19.4. The molecule has 2 heterocycles. The van der Waals surface area contributed by atoms with Gasteiger partial charge in [0.1, 0.15) is 10.7 Å². The van der Waals surface area contributed by atoms with Crippen molar-refractivity contribution in [3.63, 3.8) is 0 Å². The minimum atomic E-state index is -0.262. The lowest BCUT2D eigenvalue weighted by atomic mass is 10.1. The van der Waals surface area contributed by atoms with Crippen molar-refractivity contribution < 1.29 is 4.79 Å². The fraction of sp³-hybridized carbons (Fsp3) is 0.421. The van der Waals surface area contributed by atoms with Crippen LogP contribution in [-0.2, 0) is 13.0 Å². The molecule has 2 aromatic heterocycles. The Labute approximate surface area is 161 Å². The highest BCUT2D eigenvalue weighted by Crippen LogP contribution is 2.19. The van der Waals surface area contributed by atoms with Crippen LogP contribution in [-0.4, -0.2) is 25.7 Å². The molecule has 1 amide bonds. The van der Waals surface area contributed by atoms with Gasteiger partial charge < -0.3 is 4.57 Å². The lowest BCUT2D eigenvalue weighted by Gasteiger charge is -2.09. The van der Waals surface area contributed by atoms with Crippen molar-refractivity contribution in [1.29, 1.82) is 0 Å². The normalized spacial score (nSPS) is 11.1. The lowest BCUT2D eigenvalue weighted by Crippen LogP contribution is -2.23. The van der Waals surface area contributed by atoms with E-state index in [1.54, 1.807) is 29.7 Å². The molecule has 142 valence electrons. The number of carbonyl (C=O) groups excluding carboxylic acids is 1. The summed E-state index contributed by atoms with van der Waals surface area (Å²) in [6.07, 6.45) is 4.28. The molecule has 0 unspecified atom stereocenters. The van der Waals surface area contributed by atoms with Gasteiger partial charge in [-0.1, -0.05) is 31.1 Å². The van der Waals surface area contributed by atoms with Crippen molar-refractivity contribution in [1.82, 2.24) is 19.7 Å². The third-order valence-corrected chi connectivity index (χ3v) is 5.27. The molecule has 0 spiro atoms. The minimum absolute atomic E-state index is 0.105. The zero-order valence-electron chi connectivity index (χ0n) is 15.8. The molecule has 0 fully saturated rings. The van der Waals surface area contributed by atoms with Crippen LogP contribution in [0.25, 0.3) is 11.0 Å². The number of rotatable bonds is 7. The van der Waals surface area contributed by atoms with E-state index in [1.807, 2.05) is 6.92 Å². The van der Waals surface area contributed by atoms with Crippen molar-refractivity contribution in [3.8, 4) is 0 Å². The molecule has 0 saturated heterocycles. The number of carbonyl (C=O) groups is 1. The second-order valence-electron chi connectivity index (χ2n) is 6.36. The van der Waals surface area contributed by atoms with Gasteiger partial charge in [-0.05, 0) is 38.5 Å². The van der Waals surface area contributed by atoms with Crippen LogP contribution in [0.15, 0.2) is 23.0 Å². The maximum absolute atomic E-state index is 12.6. The third-order valence-electron chi connectivity index (χ3n) is 4.37. The number of nitrogens with zero attached hydrogens (tertiary/aromatic N) is 4. The van der Waals surface area contributed by atoms with Gasteiger partial charge >= 0.3 is 0 Å². The highest BCUT2D eigenvalue weighted by atomic mass is 32.1. The largest absolute Gasteiger partial charge is 0.305 e. The van der Waals surface area contributed by atoms with Crippen LogP contribution >= 0.6 is 11.3 Å². The summed E-state index contributed by atoms with van der Waals surface area (Å²) in [6.45, 7) is 6.30. The fourth-order valence-electron chi connectivity index (χ4n) is 2.93. The van der Waals surface area contributed by atoms with E-state index in [0.29, 0.717) is 28.5 Å². The van der Waals surface area contributed by atoms with E-state index in [0.717, 1.165) is 36.2 Å². The average Bonchev–Trinajstić information content (AvgIpc) is 3.10. The summed E-state index contributed by atoms with van der Waals surface area (Å²) < 4.78 is 1.66. The molecule has 0 atom stereocenters.